The van der Waals surface area contributed by atoms with E-state index in [2.05, 4.69) is 43.4 Å². The molecule has 17 heavy (non-hydrogen) atoms. The molecule has 0 heterocycles. The second kappa shape index (κ2) is 9.09. The smallest absolute Gasteiger partial charge is 0.0342 e. The summed E-state index contributed by atoms with van der Waals surface area (Å²) in [5.74, 6) is 0. The highest BCUT2D eigenvalue weighted by atomic mass is 14.9. The van der Waals surface area contributed by atoms with Crippen molar-refractivity contribution < 1.29 is 0 Å². The van der Waals surface area contributed by atoms with E-state index in [4.69, 9.17) is 0 Å². The van der Waals surface area contributed by atoms with Crippen molar-refractivity contribution in [2.75, 3.05) is 11.9 Å². The maximum Gasteiger partial charge on any atom is 0.0342 e. The van der Waals surface area contributed by atoms with Crippen LogP contribution < -0.4 is 5.32 Å². The maximum absolute atomic E-state index is 3.49. The lowest BCUT2D eigenvalue weighted by atomic mass is 10.1. The minimum absolute atomic E-state index is 1.11. The van der Waals surface area contributed by atoms with Gasteiger partial charge in [0, 0.05) is 12.2 Å². The molecule has 0 atom stereocenters. The third kappa shape index (κ3) is 7.04. The zero-order valence-electron chi connectivity index (χ0n) is 11.5. The molecule has 1 N–H and O–H groups in total. The molecule has 0 aromatic heterocycles. The average molecular weight is 233 g/mol. The van der Waals surface area contributed by atoms with Gasteiger partial charge in [-0.15, -0.1) is 0 Å². The van der Waals surface area contributed by atoms with E-state index in [0.29, 0.717) is 0 Å². The molecule has 0 fully saturated rings. The molecule has 1 aromatic rings. The van der Waals surface area contributed by atoms with Crippen molar-refractivity contribution in [1.29, 1.82) is 0 Å². The van der Waals surface area contributed by atoms with Gasteiger partial charge in [0.15, 0.2) is 0 Å². The molecule has 0 unspecified atom stereocenters. The number of unbranched alkanes of at least 4 members (excludes halogenated alkanes) is 6. The molecule has 1 rings (SSSR count). The topological polar surface area (TPSA) is 12.0 Å². The summed E-state index contributed by atoms with van der Waals surface area (Å²) in [4.78, 5) is 0. The third-order valence-electron chi connectivity index (χ3n) is 3.13. The fourth-order valence-corrected chi connectivity index (χ4v) is 2.07. The number of hydrogen-bond acceptors (Lipinski definition) is 1. The lowest BCUT2D eigenvalue weighted by Gasteiger charge is -2.06. The van der Waals surface area contributed by atoms with Crippen LogP contribution in [0.3, 0.4) is 0 Å². The molecule has 1 heteroatoms. The predicted octanol–water partition coefficient (Wildman–Crippen LogP) is 5.16. The second-order valence-corrected chi connectivity index (χ2v) is 4.92. The van der Waals surface area contributed by atoms with Crippen LogP contribution in [0.25, 0.3) is 0 Å². The van der Waals surface area contributed by atoms with Crippen LogP contribution in [0.4, 0.5) is 5.69 Å². The summed E-state index contributed by atoms with van der Waals surface area (Å²) in [7, 11) is 0. The van der Waals surface area contributed by atoms with Gasteiger partial charge in [0.1, 0.15) is 0 Å². The lowest BCUT2D eigenvalue weighted by molar-refractivity contribution is 0.596. The molecular weight excluding hydrogens is 206 g/mol. The number of anilines is 1. The molecule has 0 spiro atoms. The van der Waals surface area contributed by atoms with Gasteiger partial charge in [-0.05, 0) is 31.0 Å². The normalized spacial score (nSPS) is 10.5. The number of nitrogens with one attached hydrogen (secondary N) is 1. The monoisotopic (exact) mass is 233 g/mol. The van der Waals surface area contributed by atoms with Gasteiger partial charge in [-0.3, -0.25) is 0 Å². The highest BCUT2D eigenvalue weighted by Gasteiger charge is 1.93. The van der Waals surface area contributed by atoms with Gasteiger partial charge in [0.05, 0.1) is 0 Å². The second-order valence-electron chi connectivity index (χ2n) is 4.92. The summed E-state index contributed by atoms with van der Waals surface area (Å²) in [6.07, 6.45) is 9.63. The third-order valence-corrected chi connectivity index (χ3v) is 3.13. The SMILES string of the molecule is CCCCCCCCCNc1cccc(C)c1. The van der Waals surface area contributed by atoms with Gasteiger partial charge < -0.3 is 5.32 Å². The van der Waals surface area contributed by atoms with Crippen molar-refractivity contribution in [1.82, 2.24) is 0 Å². The van der Waals surface area contributed by atoms with Crippen LogP contribution >= 0.6 is 0 Å². The van der Waals surface area contributed by atoms with Crippen molar-refractivity contribution in [2.45, 2.75) is 58.8 Å². The van der Waals surface area contributed by atoms with Crippen molar-refractivity contribution in [2.24, 2.45) is 0 Å². The molecule has 96 valence electrons. The van der Waals surface area contributed by atoms with E-state index in [-0.39, 0.29) is 0 Å². The minimum Gasteiger partial charge on any atom is -0.385 e. The summed E-state index contributed by atoms with van der Waals surface area (Å²) in [5.41, 5.74) is 2.59. The number of benzene rings is 1. The standard InChI is InChI=1S/C16H27N/c1-3-4-5-6-7-8-9-13-17-16-12-10-11-15(2)14-16/h10-12,14,17H,3-9,13H2,1-2H3. The van der Waals surface area contributed by atoms with E-state index < -0.39 is 0 Å². The van der Waals surface area contributed by atoms with E-state index in [1.807, 2.05) is 0 Å². The zero-order chi connectivity index (χ0) is 12.3. The number of aryl methyl sites for hydroxylation is 1. The van der Waals surface area contributed by atoms with E-state index in [9.17, 15) is 0 Å². The minimum atomic E-state index is 1.11. The Morgan fingerprint density at radius 2 is 1.65 bits per heavy atom. The molecule has 0 aliphatic carbocycles. The first-order valence-corrected chi connectivity index (χ1v) is 7.13. The Hall–Kier alpha value is -0.980. The Morgan fingerprint density at radius 3 is 2.35 bits per heavy atom. The number of rotatable bonds is 9. The lowest BCUT2D eigenvalue weighted by Crippen LogP contribution is -2.01. The highest BCUT2D eigenvalue weighted by molar-refractivity contribution is 5.45. The summed E-state index contributed by atoms with van der Waals surface area (Å²) >= 11 is 0. The Bertz CT molecular complexity index is 293. The summed E-state index contributed by atoms with van der Waals surface area (Å²) in [6, 6.07) is 8.61. The molecule has 0 saturated heterocycles. The molecular formula is C16H27N. The van der Waals surface area contributed by atoms with E-state index in [1.54, 1.807) is 0 Å². The highest BCUT2D eigenvalue weighted by Crippen LogP contribution is 2.10. The molecule has 0 aliphatic rings. The van der Waals surface area contributed by atoms with Gasteiger partial charge >= 0.3 is 0 Å². The maximum atomic E-state index is 3.49. The van der Waals surface area contributed by atoms with Crippen LogP contribution in [0, 0.1) is 6.92 Å². The van der Waals surface area contributed by atoms with Crippen LogP contribution in [-0.4, -0.2) is 6.54 Å². The molecule has 1 nitrogen and oxygen atoms in total. The fourth-order valence-electron chi connectivity index (χ4n) is 2.07. The van der Waals surface area contributed by atoms with Crippen LogP contribution in [0.2, 0.25) is 0 Å². The molecule has 0 radical (unpaired) electrons. The summed E-state index contributed by atoms with van der Waals surface area (Å²) in [5, 5.41) is 3.49. The molecule has 0 saturated carbocycles. The van der Waals surface area contributed by atoms with Gasteiger partial charge in [-0.2, -0.15) is 0 Å². The Kier molecular flexibility index (Phi) is 7.53. The molecule has 0 aliphatic heterocycles. The van der Waals surface area contributed by atoms with E-state index >= 15 is 0 Å². The van der Waals surface area contributed by atoms with Crippen molar-refractivity contribution in [3.8, 4) is 0 Å². The van der Waals surface area contributed by atoms with Crippen molar-refractivity contribution in [3.63, 3.8) is 0 Å². The van der Waals surface area contributed by atoms with Crippen LogP contribution in [-0.2, 0) is 0 Å². The quantitative estimate of drug-likeness (QED) is 0.581. The summed E-state index contributed by atoms with van der Waals surface area (Å²) in [6.45, 7) is 5.52. The Morgan fingerprint density at radius 1 is 0.941 bits per heavy atom. The largest absolute Gasteiger partial charge is 0.385 e. The van der Waals surface area contributed by atoms with E-state index in [0.717, 1.165) is 6.54 Å². The first-order chi connectivity index (χ1) is 8.33. The van der Waals surface area contributed by atoms with Gasteiger partial charge in [0.25, 0.3) is 0 Å². The predicted molar refractivity (Wildman–Crippen MR) is 77.7 cm³/mol. The van der Waals surface area contributed by atoms with E-state index in [1.165, 1.54) is 56.2 Å². The first kappa shape index (κ1) is 14.1. The Labute approximate surface area is 107 Å². The van der Waals surface area contributed by atoms with Crippen LogP contribution in [0.15, 0.2) is 24.3 Å². The molecule has 0 bridgehead atoms. The van der Waals surface area contributed by atoms with Crippen molar-refractivity contribution in [3.05, 3.63) is 29.8 Å². The summed E-state index contributed by atoms with van der Waals surface area (Å²) < 4.78 is 0. The fraction of sp³-hybridized carbons (Fsp3) is 0.625. The average Bonchev–Trinajstić information content (AvgIpc) is 2.33. The Balaban J connectivity index is 1.97. The van der Waals surface area contributed by atoms with Crippen LogP contribution in [0.1, 0.15) is 57.4 Å². The van der Waals surface area contributed by atoms with Crippen molar-refractivity contribution >= 4 is 5.69 Å². The van der Waals surface area contributed by atoms with Gasteiger partial charge in [-0.25, -0.2) is 0 Å². The molecule has 1 aromatic carbocycles. The molecule has 0 amide bonds. The van der Waals surface area contributed by atoms with Gasteiger partial charge in [-0.1, -0.05) is 57.6 Å². The van der Waals surface area contributed by atoms with Crippen LogP contribution in [0.5, 0.6) is 0 Å². The number of hydrogen-bond donors (Lipinski definition) is 1. The zero-order valence-corrected chi connectivity index (χ0v) is 11.5. The first-order valence-electron chi connectivity index (χ1n) is 7.13. The van der Waals surface area contributed by atoms with Gasteiger partial charge in [0.2, 0.25) is 0 Å².